The number of carbonyl (C=O) groups is 1. The molecule has 0 heterocycles. The lowest BCUT2D eigenvalue weighted by Gasteiger charge is -2.26. The van der Waals surface area contributed by atoms with Crippen molar-refractivity contribution in [2.75, 3.05) is 4.31 Å². The molecule has 29 heavy (non-hydrogen) atoms. The molecular weight excluding hydrogens is 384 g/mol. The molecule has 4 rings (SSSR count). The van der Waals surface area contributed by atoms with Gasteiger partial charge in [-0.25, -0.2) is 8.42 Å². The summed E-state index contributed by atoms with van der Waals surface area (Å²) in [5, 5.41) is 2.96. The summed E-state index contributed by atoms with van der Waals surface area (Å²) >= 11 is 0. The maximum absolute atomic E-state index is 13.5. The molecule has 0 unspecified atom stereocenters. The molecule has 3 aromatic rings. The maximum atomic E-state index is 13.5. The smallest absolute Gasteiger partial charge is 0.264 e. The van der Waals surface area contributed by atoms with Crippen molar-refractivity contribution < 1.29 is 13.2 Å². The third-order valence-electron chi connectivity index (χ3n) is 4.83. The number of rotatable bonds is 7. The van der Waals surface area contributed by atoms with Crippen LogP contribution >= 0.6 is 0 Å². The summed E-state index contributed by atoms with van der Waals surface area (Å²) in [7, 11) is -3.87. The van der Waals surface area contributed by atoms with E-state index in [0.717, 1.165) is 18.4 Å². The number of anilines is 1. The van der Waals surface area contributed by atoms with Gasteiger partial charge in [-0.1, -0.05) is 60.7 Å². The summed E-state index contributed by atoms with van der Waals surface area (Å²) in [5.41, 5.74) is 1.57. The molecule has 0 saturated heterocycles. The second-order valence-electron chi connectivity index (χ2n) is 7.08. The third kappa shape index (κ3) is 4.32. The predicted octanol–water partition coefficient (Wildman–Crippen LogP) is 3.97. The first kappa shape index (κ1) is 19.2. The molecule has 1 aliphatic rings. The average molecular weight is 407 g/mol. The lowest BCUT2D eigenvalue weighted by molar-refractivity contribution is 0.0951. The Labute approximate surface area is 171 Å². The Kier molecular flexibility index (Phi) is 5.36. The molecule has 0 radical (unpaired) electrons. The molecule has 148 valence electrons. The number of nitrogens with one attached hydrogen (secondary N) is 1. The number of hydrogen-bond donors (Lipinski definition) is 1. The van der Waals surface area contributed by atoms with Crippen LogP contribution in [0.1, 0.15) is 28.8 Å². The number of amides is 1. The van der Waals surface area contributed by atoms with Crippen molar-refractivity contribution in [1.82, 2.24) is 5.32 Å². The minimum atomic E-state index is -3.87. The number of benzene rings is 3. The van der Waals surface area contributed by atoms with E-state index in [1.165, 1.54) is 4.31 Å². The van der Waals surface area contributed by atoms with Crippen LogP contribution in [0.4, 0.5) is 5.69 Å². The van der Waals surface area contributed by atoms with Gasteiger partial charge in [0.05, 0.1) is 22.7 Å². The molecule has 1 fully saturated rings. The minimum Gasteiger partial charge on any atom is -0.349 e. The van der Waals surface area contributed by atoms with Crippen LogP contribution in [0.3, 0.4) is 0 Å². The average Bonchev–Trinajstić information content (AvgIpc) is 3.57. The van der Waals surface area contributed by atoms with Crippen molar-refractivity contribution in [3.05, 3.63) is 96.1 Å². The standard InChI is InChI=1S/C23H22N2O3S/c26-23(24-19-15-16-19)21-13-7-8-14-22(21)25(17-18-9-3-1-4-10-18)29(27,28)20-11-5-2-6-12-20/h1-14,19H,15-17H2,(H,24,26). The Bertz CT molecular complexity index is 1100. The van der Waals surface area contributed by atoms with E-state index < -0.39 is 10.0 Å². The summed E-state index contributed by atoms with van der Waals surface area (Å²) in [4.78, 5) is 13.0. The molecule has 0 aliphatic heterocycles. The van der Waals surface area contributed by atoms with Crippen LogP contribution in [0.5, 0.6) is 0 Å². The fourth-order valence-corrected chi connectivity index (χ4v) is 4.64. The Balaban J connectivity index is 1.80. The first-order valence-electron chi connectivity index (χ1n) is 9.57. The van der Waals surface area contributed by atoms with Crippen LogP contribution in [0.2, 0.25) is 0 Å². The molecular formula is C23H22N2O3S. The minimum absolute atomic E-state index is 0.131. The van der Waals surface area contributed by atoms with Gasteiger partial charge in [-0.05, 0) is 42.7 Å². The van der Waals surface area contributed by atoms with E-state index in [1.807, 2.05) is 30.3 Å². The van der Waals surface area contributed by atoms with Crippen LogP contribution in [0.15, 0.2) is 89.8 Å². The van der Waals surface area contributed by atoms with Gasteiger partial charge in [0.2, 0.25) is 0 Å². The summed E-state index contributed by atoms with van der Waals surface area (Å²) in [5.74, 6) is -0.246. The molecule has 6 heteroatoms. The van der Waals surface area contributed by atoms with Crippen LogP contribution < -0.4 is 9.62 Å². The van der Waals surface area contributed by atoms with Crippen molar-refractivity contribution in [1.29, 1.82) is 0 Å². The van der Waals surface area contributed by atoms with E-state index >= 15 is 0 Å². The van der Waals surface area contributed by atoms with Crippen molar-refractivity contribution in [3.63, 3.8) is 0 Å². The van der Waals surface area contributed by atoms with Crippen LogP contribution in [-0.4, -0.2) is 20.4 Å². The van der Waals surface area contributed by atoms with Gasteiger partial charge < -0.3 is 5.32 Å². The van der Waals surface area contributed by atoms with Crippen molar-refractivity contribution in [2.24, 2.45) is 0 Å². The zero-order valence-corrected chi connectivity index (χ0v) is 16.7. The van der Waals surface area contributed by atoms with Gasteiger partial charge in [-0.15, -0.1) is 0 Å². The van der Waals surface area contributed by atoms with Crippen molar-refractivity contribution in [3.8, 4) is 0 Å². The van der Waals surface area contributed by atoms with Crippen LogP contribution in [-0.2, 0) is 16.6 Å². The first-order valence-corrected chi connectivity index (χ1v) is 11.0. The van der Waals surface area contributed by atoms with E-state index in [1.54, 1.807) is 54.6 Å². The van der Waals surface area contributed by atoms with Crippen LogP contribution in [0.25, 0.3) is 0 Å². The molecule has 1 aliphatic carbocycles. The van der Waals surface area contributed by atoms with E-state index in [9.17, 15) is 13.2 Å². The normalized spacial score (nSPS) is 13.7. The molecule has 3 aromatic carbocycles. The van der Waals surface area contributed by atoms with Crippen molar-refractivity contribution in [2.45, 2.75) is 30.3 Å². The maximum Gasteiger partial charge on any atom is 0.264 e. The first-order chi connectivity index (χ1) is 14.1. The summed E-state index contributed by atoms with van der Waals surface area (Å²) in [6, 6.07) is 24.7. The molecule has 1 amide bonds. The number of nitrogens with zero attached hydrogens (tertiary/aromatic N) is 1. The summed E-state index contributed by atoms with van der Waals surface area (Å²) in [6.07, 6.45) is 1.92. The lowest BCUT2D eigenvalue weighted by atomic mass is 10.1. The fourth-order valence-electron chi connectivity index (χ4n) is 3.14. The summed E-state index contributed by atoms with van der Waals surface area (Å²) in [6.45, 7) is 0.131. The van der Waals surface area contributed by atoms with Crippen LogP contribution in [0, 0.1) is 0 Å². The van der Waals surface area contributed by atoms with Gasteiger partial charge in [0.25, 0.3) is 15.9 Å². The van der Waals surface area contributed by atoms with Crippen molar-refractivity contribution >= 4 is 21.6 Å². The molecule has 1 N–H and O–H groups in total. The van der Waals surface area contributed by atoms with E-state index in [2.05, 4.69) is 5.32 Å². The number of sulfonamides is 1. The molecule has 0 spiro atoms. The highest BCUT2D eigenvalue weighted by Gasteiger charge is 2.30. The second-order valence-corrected chi connectivity index (χ2v) is 8.94. The quantitative estimate of drug-likeness (QED) is 0.646. The van der Waals surface area contributed by atoms with Gasteiger partial charge in [-0.3, -0.25) is 9.10 Å². The molecule has 0 bridgehead atoms. The van der Waals surface area contributed by atoms with Gasteiger partial charge >= 0.3 is 0 Å². The SMILES string of the molecule is O=C(NC1CC1)c1ccccc1N(Cc1ccccc1)S(=O)(=O)c1ccccc1. The lowest BCUT2D eigenvalue weighted by Crippen LogP contribution is -2.34. The number of hydrogen-bond acceptors (Lipinski definition) is 3. The highest BCUT2D eigenvalue weighted by molar-refractivity contribution is 7.92. The van der Waals surface area contributed by atoms with E-state index in [-0.39, 0.29) is 23.4 Å². The van der Waals surface area contributed by atoms with Gasteiger partial charge in [0.1, 0.15) is 0 Å². The van der Waals surface area contributed by atoms with Gasteiger partial charge in [-0.2, -0.15) is 0 Å². The number of carbonyl (C=O) groups excluding carboxylic acids is 1. The monoisotopic (exact) mass is 406 g/mol. The highest BCUT2D eigenvalue weighted by atomic mass is 32.2. The molecule has 5 nitrogen and oxygen atoms in total. The molecule has 1 saturated carbocycles. The van der Waals surface area contributed by atoms with E-state index in [0.29, 0.717) is 11.3 Å². The number of para-hydroxylation sites is 1. The predicted molar refractivity (Wildman–Crippen MR) is 113 cm³/mol. The van der Waals surface area contributed by atoms with E-state index in [4.69, 9.17) is 0 Å². The zero-order valence-electron chi connectivity index (χ0n) is 15.9. The van der Waals surface area contributed by atoms with Gasteiger partial charge in [0.15, 0.2) is 0 Å². The Morgan fingerprint density at radius 2 is 1.45 bits per heavy atom. The summed E-state index contributed by atoms with van der Waals surface area (Å²) < 4.78 is 28.4. The Morgan fingerprint density at radius 3 is 2.10 bits per heavy atom. The highest BCUT2D eigenvalue weighted by Crippen LogP contribution is 2.30. The van der Waals surface area contributed by atoms with Gasteiger partial charge in [0, 0.05) is 6.04 Å². The zero-order chi connectivity index (χ0) is 20.3. The Morgan fingerprint density at radius 1 is 0.862 bits per heavy atom. The molecule has 0 atom stereocenters. The third-order valence-corrected chi connectivity index (χ3v) is 6.60. The largest absolute Gasteiger partial charge is 0.349 e. The molecule has 0 aromatic heterocycles. The fraction of sp³-hybridized carbons (Fsp3) is 0.174. The topological polar surface area (TPSA) is 66.5 Å². The Hall–Kier alpha value is -3.12. The second kappa shape index (κ2) is 8.09.